The van der Waals surface area contributed by atoms with Crippen molar-refractivity contribution in [1.29, 1.82) is 0 Å². The molecule has 1 aliphatic heterocycles. The fraction of sp³-hybridized carbons (Fsp3) is 0.889. The first-order chi connectivity index (χ1) is 10.5. The molecule has 2 fully saturated rings. The highest BCUT2D eigenvalue weighted by molar-refractivity contribution is 5.83. The zero-order chi connectivity index (χ0) is 17.4. The number of hydrogen-bond donors (Lipinski definition) is 0. The molecular formula is C18H29F2NO2. The third kappa shape index (κ3) is 5.25. The number of rotatable bonds is 6. The van der Waals surface area contributed by atoms with Crippen molar-refractivity contribution in [3.8, 4) is 0 Å². The average Bonchev–Trinajstić information content (AvgIpc) is 3.14. The van der Waals surface area contributed by atoms with Crippen molar-refractivity contribution in [2.24, 2.45) is 23.2 Å². The van der Waals surface area contributed by atoms with Gasteiger partial charge in [-0.25, -0.2) is 8.78 Å². The SMILES string of the molecule is CC(CC(=O)C1CC1)CC1CN(C(=O)CC(C)(C)C)CC1(F)F. The van der Waals surface area contributed by atoms with Crippen LogP contribution in [0.4, 0.5) is 8.78 Å². The van der Waals surface area contributed by atoms with E-state index in [-0.39, 0.29) is 41.9 Å². The molecule has 2 rings (SSSR count). The third-order valence-electron chi connectivity index (χ3n) is 4.74. The molecule has 2 atom stereocenters. The molecule has 0 aromatic rings. The van der Waals surface area contributed by atoms with E-state index in [9.17, 15) is 18.4 Å². The van der Waals surface area contributed by atoms with Gasteiger partial charge in [-0.3, -0.25) is 9.59 Å². The van der Waals surface area contributed by atoms with Crippen LogP contribution in [0.2, 0.25) is 0 Å². The van der Waals surface area contributed by atoms with Crippen molar-refractivity contribution in [3.63, 3.8) is 0 Å². The Kier molecular flexibility index (Phi) is 5.17. The summed E-state index contributed by atoms with van der Waals surface area (Å²) in [6.07, 6.45) is 2.91. The highest BCUT2D eigenvalue weighted by Crippen LogP contribution is 2.39. The van der Waals surface area contributed by atoms with E-state index < -0.39 is 18.4 Å². The number of carbonyl (C=O) groups is 2. The van der Waals surface area contributed by atoms with Gasteiger partial charge in [0.2, 0.25) is 5.91 Å². The quantitative estimate of drug-likeness (QED) is 0.741. The van der Waals surface area contributed by atoms with Crippen molar-refractivity contribution in [2.75, 3.05) is 13.1 Å². The molecule has 132 valence electrons. The minimum Gasteiger partial charge on any atom is -0.336 e. The van der Waals surface area contributed by atoms with Crippen LogP contribution < -0.4 is 0 Å². The molecule has 3 nitrogen and oxygen atoms in total. The molecule has 0 aromatic carbocycles. The van der Waals surface area contributed by atoms with Crippen molar-refractivity contribution < 1.29 is 18.4 Å². The van der Waals surface area contributed by atoms with Gasteiger partial charge in [0.05, 0.1) is 6.54 Å². The number of ketones is 1. The molecule has 1 saturated carbocycles. The van der Waals surface area contributed by atoms with Crippen molar-refractivity contribution >= 4 is 11.7 Å². The van der Waals surface area contributed by atoms with Crippen LogP contribution in [0.15, 0.2) is 0 Å². The summed E-state index contributed by atoms with van der Waals surface area (Å²) in [5.41, 5.74) is -0.200. The number of nitrogens with zero attached hydrogens (tertiary/aromatic N) is 1. The predicted octanol–water partition coefficient (Wildman–Crippen LogP) is 3.91. The lowest BCUT2D eigenvalue weighted by Gasteiger charge is -2.22. The van der Waals surface area contributed by atoms with E-state index in [1.165, 1.54) is 4.90 Å². The number of halogens is 2. The number of amides is 1. The molecule has 2 unspecified atom stereocenters. The minimum absolute atomic E-state index is 0.0448. The second-order valence-electron chi connectivity index (χ2n) is 8.76. The molecular weight excluding hydrogens is 300 g/mol. The number of alkyl halides is 2. The van der Waals surface area contributed by atoms with E-state index in [0.29, 0.717) is 12.8 Å². The predicted molar refractivity (Wildman–Crippen MR) is 85.2 cm³/mol. The molecule has 2 aliphatic rings. The molecule has 23 heavy (non-hydrogen) atoms. The van der Waals surface area contributed by atoms with Gasteiger partial charge >= 0.3 is 0 Å². The maximum atomic E-state index is 14.2. The van der Waals surface area contributed by atoms with Crippen LogP contribution in [0.3, 0.4) is 0 Å². The Morgan fingerprint density at radius 1 is 1.26 bits per heavy atom. The van der Waals surface area contributed by atoms with E-state index in [2.05, 4.69) is 0 Å². The summed E-state index contributed by atoms with van der Waals surface area (Å²) >= 11 is 0. The molecule has 0 radical (unpaired) electrons. The Labute approximate surface area is 137 Å². The van der Waals surface area contributed by atoms with Crippen LogP contribution >= 0.6 is 0 Å². The van der Waals surface area contributed by atoms with Gasteiger partial charge in [0, 0.05) is 31.2 Å². The number of Topliss-reactive ketones (excluding diaryl/α,β-unsaturated/α-hetero) is 1. The zero-order valence-corrected chi connectivity index (χ0v) is 14.7. The highest BCUT2D eigenvalue weighted by atomic mass is 19.3. The summed E-state index contributed by atoms with van der Waals surface area (Å²) in [5, 5.41) is 0. The van der Waals surface area contributed by atoms with Gasteiger partial charge in [0.15, 0.2) is 0 Å². The standard InChI is InChI=1S/C18H29F2NO2/c1-12(8-15(22)13-5-6-13)7-14-10-21(11-18(14,19)20)16(23)9-17(2,3)4/h12-14H,5-11H2,1-4H3. The second-order valence-corrected chi connectivity index (χ2v) is 8.76. The Morgan fingerprint density at radius 3 is 2.39 bits per heavy atom. The second kappa shape index (κ2) is 6.48. The van der Waals surface area contributed by atoms with Gasteiger partial charge in [0.1, 0.15) is 5.78 Å². The van der Waals surface area contributed by atoms with E-state index in [1.54, 1.807) is 0 Å². The van der Waals surface area contributed by atoms with Crippen molar-refractivity contribution in [3.05, 3.63) is 0 Å². The van der Waals surface area contributed by atoms with Gasteiger partial charge in [-0.1, -0.05) is 27.7 Å². The number of hydrogen-bond acceptors (Lipinski definition) is 2. The maximum Gasteiger partial charge on any atom is 0.269 e. The summed E-state index contributed by atoms with van der Waals surface area (Å²) in [6.45, 7) is 7.31. The van der Waals surface area contributed by atoms with Crippen LogP contribution in [0.5, 0.6) is 0 Å². The van der Waals surface area contributed by atoms with Gasteiger partial charge in [-0.05, 0) is 30.6 Å². The average molecular weight is 329 g/mol. The Hall–Kier alpha value is -1.00. The van der Waals surface area contributed by atoms with Crippen LogP contribution in [-0.4, -0.2) is 35.6 Å². The lowest BCUT2D eigenvalue weighted by molar-refractivity contribution is -0.133. The van der Waals surface area contributed by atoms with Gasteiger partial charge in [0.25, 0.3) is 5.92 Å². The minimum atomic E-state index is -2.84. The van der Waals surface area contributed by atoms with Gasteiger partial charge in [-0.2, -0.15) is 0 Å². The molecule has 0 bridgehead atoms. The summed E-state index contributed by atoms with van der Waals surface area (Å²) in [4.78, 5) is 25.3. The lowest BCUT2D eigenvalue weighted by atomic mass is 9.89. The first kappa shape index (κ1) is 18.3. The first-order valence-corrected chi connectivity index (χ1v) is 8.66. The van der Waals surface area contributed by atoms with E-state index >= 15 is 0 Å². The maximum absolute atomic E-state index is 14.2. The van der Waals surface area contributed by atoms with E-state index in [0.717, 1.165) is 12.8 Å². The van der Waals surface area contributed by atoms with Crippen LogP contribution in [0.1, 0.15) is 59.8 Å². The zero-order valence-electron chi connectivity index (χ0n) is 14.7. The lowest BCUT2D eigenvalue weighted by Crippen LogP contribution is -2.33. The first-order valence-electron chi connectivity index (χ1n) is 8.66. The van der Waals surface area contributed by atoms with Gasteiger partial charge < -0.3 is 4.90 Å². The summed E-state index contributed by atoms with van der Waals surface area (Å²) in [6, 6.07) is 0. The largest absolute Gasteiger partial charge is 0.336 e. The number of likely N-dealkylation sites (tertiary alicyclic amines) is 1. The fourth-order valence-electron chi connectivity index (χ4n) is 3.33. The topological polar surface area (TPSA) is 37.4 Å². The van der Waals surface area contributed by atoms with E-state index in [1.807, 2.05) is 27.7 Å². The van der Waals surface area contributed by atoms with Crippen molar-refractivity contribution in [2.45, 2.75) is 65.7 Å². The number of carbonyl (C=O) groups excluding carboxylic acids is 2. The molecule has 0 spiro atoms. The third-order valence-corrected chi connectivity index (χ3v) is 4.74. The molecule has 0 aromatic heterocycles. The molecule has 1 heterocycles. The molecule has 1 amide bonds. The van der Waals surface area contributed by atoms with Gasteiger partial charge in [-0.15, -0.1) is 0 Å². The summed E-state index contributed by atoms with van der Waals surface area (Å²) in [5.74, 6) is -3.50. The van der Waals surface area contributed by atoms with Crippen LogP contribution in [0.25, 0.3) is 0 Å². The molecule has 1 saturated heterocycles. The molecule has 0 N–H and O–H groups in total. The van der Waals surface area contributed by atoms with Crippen LogP contribution in [0, 0.1) is 23.2 Å². The summed E-state index contributed by atoms with van der Waals surface area (Å²) in [7, 11) is 0. The summed E-state index contributed by atoms with van der Waals surface area (Å²) < 4.78 is 28.5. The monoisotopic (exact) mass is 329 g/mol. The molecule has 5 heteroatoms. The highest BCUT2D eigenvalue weighted by Gasteiger charge is 2.49. The fourth-order valence-corrected chi connectivity index (χ4v) is 3.33. The normalized spacial score (nSPS) is 25.5. The molecule has 1 aliphatic carbocycles. The Bertz CT molecular complexity index is 466. The smallest absolute Gasteiger partial charge is 0.269 e. The van der Waals surface area contributed by atoms with Crippen LogP contribution in [-0.2, 0) is 9.59 Å². The van der Waals surface area contributed by atoms with E-state index in [4.69, 9.17) is 0 Å². The van der Waals surface area contributed by atoms with Crippen molar-refractivity contribution in [1.82, 2.24) is 4.90 Å². The Balaban J connectivity index is 1.88. The Morgan fingerprint density at radius 2 is 1.87 bits per heavy atom.